The Morgan fingerprint density at radius 2 is 2.10 bits per heavy atom. The van der Waals surface area contributed by atoms with Gasteiger partial charge in [0.1, 0.15) is 23.1 Å². The Bertz CT molecular complexity index is 765. The third-order valence-electron chi connectivity index (χ3n) is 2.96. The summed E-state index contributed by atoms with van der Waals surface area (Å²) >= 11 is 1.38. The van der Waals surface area contributed by atoms with E-state index < -0.39 is 11.6 Å². The van der Waals surface area contributed by atoms with Crippen LogP contribution in [0.2, 0.25) is 0 Å². The number of aromatic nitrogens is 3. The number of anilines is 1. The molecule has 0 fully saturated rings. The Kier molecular flexibility index (Phi) is 2.98. The van der Waals surface area contributed by atoms with Crippen molar-refractivity contribution in [3.63, 3.8) is 0 Å². The molecule has 0 spiro atoms. The molecule has 0 radical (unpaired) electrons. The predicted molar refractivity (Wildman–Crippen MR) is 74.1 cm³/mol. The molecular weight excluding hydrogens is 282 g/mol. The summed E-state index contributed by atoms with van der Waals surface area (Å²) in [7, 11) is 1.67. The summed E-state index contributed by atoms with van der Waals surface area (Å²) in [5.74, 6) is -0.984. The molecule has 2 aromatic heterocycles. The van der Waals surface area contributed by atoms with E-state index in [0.29, 0.717) is 17.1 Å². The van der Waals surface area contributed by atoms with Gasteiger partial charge in [-0.15, -0.1) is 11.3 Å². The lowest BCUT2D eigenvalue weighted by molar-refractivity contribution is 0.585. The van der Waals surface area contributed by atoms with Crippen molar-refractivity contribution in [2.24, 2.45) is 7.05 Å². The molecule has 4 nitrogen and oxygen atoms in total. The largest absolute Gasteiger partial charge is 0.383 e. The topological polar surface area (TPSA) is 56.7 Å². The lowest BCUT2D eigenvalue weighted by Crippen LogP contribution is -1.98. The maximum Gasteiger partial charge on any atom is 0.134 e. The molecule has 0 aliphatic carbocycles. The Morgan fingerprint density at radius 1 is 1.30 bits per heavy atom. The lowest BCUT2D eigenvalue weighted by atomic mass is 10.0. The average molecular weight is 292 g/mol. The molecule has 2 heterocycles. The number of aryl methyl sites for hydroxylation is 1. The van der Waals surface area contributed by atoms with Crippen LogP contribution in [0.1, 0.15) is 0 Å². The molecule has 0 saturated carbocycles. The molecule has 0 unspecified atom stereocenters. The SMILES string of the molecule is Cn1nc(-c2cncs2)c(-c2ccc(F)cc2F)c1N. The molecule has 0 bridgehead atoms. The fourth-order valence-corrected chi connectivity index (χ4v) is 2.61. The zero-order valence-electron chi connectivity index (χ0n) is 10.5. The van der Waals surface area contributed by atoms with Gasteiger partial charge >= 0.3 is 0 Å². The van der Waals surface area contributed by atoms with Gasteiger partial charge in [0, 0.05) is 24.9 Å². The highest BCUT2D eigenvalue weighted by atomic mass is 32.1. The molecular formula is C13H10F2N4S. The first-order chi connectivity index (χ1) is 9.58. The van der Waals surface area contributed by atoms with Gasteiger partial charge in [-0.1, -0.05) is 0 Å². The second-order valence-electron chi connectivity index (χ2n) is 4.22. The van der Waals surface area contributed by atoms with Crippen LogP contribution in [0, 0.1) is 11.6 Å². The minimum absolute atomic E-state index is 0.223. The molecule has 102 valence electrons. The number of rotatable bonds is 2. The quantitative estimate of drug-likeness (QED) is 0.789. The lowest BCUT2D eigenvalue weighted by Gasteiger charge is -2.04. The molecule has 0 aliphatic rings. The van der Waals surface area contributed by atoms with Gasteiger partial charge in [0.15, 0.2) is 0 Å². The van der Waals surface area contributed by atoms with Crippen molar-refractivity contribution >= 4 is 17.2 Å². The van der Waals surface area contributed by atoms with Crippen LogP contribution in [0.5, 0.6) is 0 Å². The fourth-order valence-electron chi connectivity index (χ4n) is 2.00. The van der Waals surface area contributed by atoms with Crippen molar-refractivity contribution in [1.82, 2.24) is 14.8 Å². The molecule has 1 aromatic carbocycles. The standard InChI is InChI=1S/C13H10F2N4S/c1-19-13(16)11(8-3-2-7(14)4-9(8)15)12(18-19)10-5-17-6-20-10/h2-6H,16H2,1H3. The van der Waals surface area contributed by atoms with Crippen LogP contribution in [0.15, 0.2) is 29.9 Å². The summed E-state index contributed by atoms with van der Waals surface area (Å²) in [6, 6.07) is 3.39. The van der Waals surface area contributed by atoms with Crippen LogP contribution in [0.25, 0.3) is 21.7 Å². The third-order valence-corrected chi connectivity index (χ3v) is 3.74. The maximum absolute atomic E-state index is 14.0. The van der Waals surface area contributed by atoms with Gasteiger partial charge < -0.3 is 5.73 Å². The Balaban J connectivity index is 2.28. The van der Waals surface area contributed by atoms with Crippen molar-refractivity contribution in [1.29, 1.82) is 0 Å². The van der Waals surface area contributed by atoms with Gasteiger partial charge in [-0.2, -0.15) is 5.10 Å². The number of nitrogen functional groups attached to an aromatic ring is 1. The summed E-state index contributed by atoms with van der Waals surface area (Å²) in [6.07, 6.45) is 1.64. The molecule has 3 rings (SSSR count). The normalized spacial score (nSPS) is 10.9. The first-order valence-corrected chi connectivity index (χ1v) is 6.62. The van der Waals surface area contributed by atoms with E-state index >= 15 is 0 Å². The zero-order valence-corrected chi connectivity index (χ0v) is 11.3. The van der Waals surface area contributed by atoms with Gasteiger partial charge in [-0.05, 0) is 12.1 Å². The number of nitrogens with two attached hydrogens (primary N) is 1. The highest BCUT2D eigenvalue weighted by Crippen LogP contribution is 2.38. The van der Waals surface area contributed by atoms with Crippen LogP contribution in [-0.4, -0.2) is 14.8 Å². The summed E-state index contributed by atoms with van der Waals surface area (Å²) < 4.78 is 28.5. The van der Waals surface area contributed by atoms with Crippen molar-refractivity contribution in [3.05, 3.63) is 41.5 Å². The summed E-state index contributed by atoms with van der Waals surface area (Å²) in [5.41, 5.74) is 8.85. The number of halogens is 2. The van der Waals surface area contributed by atoms with E-state index in [9.17, 15) is 8.78 Å². The number of thiazole rings is 1. The van der Waals surface area contributed by atoms with E-state index in [1.54, 1.807) is 18.8 Å². The first kappa shape index (κ1) is 12.7. The monoisotopic (exact) mass is 292 g/mol. The predicted octanol–water partition coefficient (Wildman–Crippen LogP) is 3.07. The van der Waals surface area contributed by atoms with Crippen LogP contribution in [0.3, 0.4) is 0 Å². The number of hydrogen-bond acceptors (Lipinski definition) is 4. The van der Waals surface area contributed by atoms with Crippen LogP contribution in [0.4, 0.5) is 14.6 Å². The summed E-state index contributed by atoms with van der Waals surface area (Å²) in [5, 5.41) is 4.29. The maximum atomic E-state index is 14.0. The van der Waals surface area contributed by atoms with E-state index in [0.717, 1.165) is 10.9 Å². The molecule has 0 amide bonds. The van der Waals surface area contributed by atoms with Crippen LogP contribution in [-0.2, 0) is 7.05 Å². The fraction of sp³-hybridized carbons (Fsp3) is 0.0769. The number of hydrogen-bond donors (Lipinski definition) is 1. The van der Waals surface area contributed by atoms with E-state index in [4.69, 9.17) is 5.73 Å². The van der Waals surface area contributed by atoms with Crippen LogP contribution >= 0.6 is 11.3 Å². The summed E-state index contributed by atoms with van der Waals surface area (Å²) in [6.45, 7) is 0. The molecule has 7 heteroatoms. The first-order valence-electron chi connectivity index (χ1n) is 5.74. The minimum Gasteiger partial charge on any atom is -0.383 e. The van der Waals surface area contributed by atoms with Gasteiger partial charge in [0.05, 0.1) is 16.0 Å². The van der Waals surface area contributed by atoms with Gasteiger partial charge in [0.2, 0.25) is 0 Å². The second kappa shape index (κ2) is 4.68. The minimum atomic E-state index is -0.671. The molecule has 0 atom stereocenters. The molecule has 0 aliphatic heterocycles. The number of benzene rings is 1. The highest BCUT2D eigenvalue weighted by Gasteiger charge is 2.21. The third kappa shape index (κ3) is 1.96. The van der Waals surface area contributed by atoms with Crippen LogP contribution < -0.4 is 5.73 Å². The Labute approximate surface area is 117 Å². The summed E-state index contributed by atoms with van der Waals surface area (Å²) in [4.78, 5) is 4.76. The average Bonchev–Trinajstić information content (AvgIpc) is 3.01. The highest BCUT2D eigenvalue weighted by molar-refractivity contribution is 7.13. The van der Waals surface area contributed by atoms with Crippen molar-refractivity contribution in [2.75, 3.05) is 5.73 Å². The Hall–Kier alpha value is -2.28. The van der Waals surface area contributed by atoms with Crippen molar-refractivity contribution in [2.45, 2.75) is 0 Å². The smallest absolute Gasteiger partial charge is 0.134 e. The van der Waals surface area contributed by atoms with E-state index in [1.165, 1.54) is 28.2 Å². The molecule has 3 aromatic rings. The number of nitrogens with zero attached hydrogens (tertiary/aromatic N) is 3. The van der Waals surface area contributed by atoms with Gasteiger partial charge in [-0.3, -0.25) is 9.67 Å². The second-order valence-corrected chi connectivity index (χ2v) is 5.11. The van der Waals surface area contributed by atoms with Gasteiger partial charge in [0.25, 0.3) is 0 Å². The van der Waals surface area contributed by atoms with Crippen molar-refractivity contribution in [3.8, 4) is 21.7 Å². The van der Waals surface area contributed by atoms with Crippen molar-refractivity contribution < 1.29 is 8.78 Å². The molecule has 2 N–H and O–H groups in total. The zero-order chi connectivity index (χ0) is 14.3. The van der Waals surface area contributed by atoms with E-state index in [2.05, 4.69) is 10.1 Å². The Morgan fingerprint density at radius 3 is 2.75 bits per heavy atom. The van der Waals surface area contributed by atoms with E-state index in [1.807, 2.05) is 0 Å². The van der Waals surface area contributed by atoms with Gasteiger partial charge in [-0.25, -0.2) is 8.78 Å². The van der Waals surface area contributed by atoms with E-state index in [-0.39, 0.29) is 5.56 Å². The molecule has 0 saturated heterocycles. The molecule has 20 heavy (non-hydrogen) atoms.